The maximum Gasteiger partial charge on any atom is 0.325 e. The Balaban J connectivity index is 1.84. The lowest BCUT2D eigenvalue weighted by Gasteiger charge is -2.18. The van der Waals surface area contributed by atoms with Crippen molar-refractivity contribution in [1.29, 1.82) is 0 Å². The molecule has 0 fully saturated rings. The monoisotopic (exact) mass is 416 g/mol. The highest BCUT2D eigenvalue weighted by Gasteiger charge is 2.19. The number of fused-ring (bicyclic) bond motifs is 2. The molecule has 0 unspecified atom stereocenters. The van der Waals surface area contributed by atoms with Gasteiger partial charge in [0.1, 0.15) is 19.8 Å². The average Bonchev–Trinajstić information content (AvgIpc) is 3.26. The van der Waals surface area contributed by atoms with E-state index in [0.717, 1.165) is 10.4 Å². The predicted molar refractivity (Wildman–Crippen MR) is 105 cm³/mol. The van der Waals surface area contributed by atoms with E-state index in [-0.39, 0.29) is 12.2 Å². The summed E-state index contributed by atoms with van der Waals surface area (Å²) in [6.45, 7) is 5.35. The second kappa shape index (κ2) is 7.70. The lowest BCUT2D eigenvalue weighted by molar-refractivity contribution is -0.141. The average molecular weight is 416 g/mol. The zero-order valence-corrected chi connectivity index (χ0v) is 17.1. The van der Waals surface area contributed by atoms with Crippen LogP contribution in [0.15, 0.2) is 23.2 Å². The first-order valence-electron chi connectivity index (χ1n) is 9.13. The Morgan fingerprint density at radius 2 is 1.97 bits per heavy atom. The molecule has 2 aromatic heterocycles. The SMILES string of the molecule is CCn1nc(C(=O)N=c2sc3cc4c(cc3n2CC(=O)OC)OCCO4)cc1C. The molecule has 0 atom stereocenters. The smallest absolute Gasteiger partial charge is 0.325 e. The van der Waals surface area contributed by atoms with Gasteiger partial charge in [-0.1, -0.05) is 11.3 Å². The number of aryl methyl sites for hydroxylation is 2. The van der Waals surface area contributed by atoms with Crippen LogP contribution < -0.4 is 14.3 Å². The molecule has 152 valence electrons. The number of benzene rings is 1. The van der Waals surface area contributed by atoms with E-state index >= 15 is 0 Å². The third-order valence-corrected chi connectivity index (χ3v) is 5.60. The van der Waals surface area contributed by atoms with Gasteiger partial charge in [-0.3, -0.25) is 14.3 Å². The minimum Gasteiger partial charge on any atom is -0.486 e. The summed E-state index contributed by atoms with van der Waals surface area (Å²) >= 11 is 1.29. The Bertz CT molecular complexity index is 1170. The van der Waals surface area contributed by atoms with Crippen molar-refractivity contribution in [2.45, 2.75) is 26.9 Å². The van der Waals surface area contributed by atoms with Crippen molar-refractivity contribution in [3.8, 4) is 11.5 Å². The number of methoxy groups -OCH3 is 1. The van der Waals surface area contributed by atoms with Crippen molar-refractivity contribution >= 4 is 33.4 Å². The zero-order chi connectivity index (χ0) is 20.5. The van der Waals surface area contributed by atoms with Gasteiger partial charge in [-0.05, 0) is 19.9 Å². The molecule has 29 heavy (non-hydrogen) atoms. The molecular formula is C19H20N4O5S. The van der Waals surface area contributed by atoms with Gasteiger partial charge in [0.2, 0.25) is 0 Å². The third kappa shape index (κ3) is 3.63. The van der Waals surface area contributed by atoms with Crippen LogP contribution in [0.5, 0.6) is 11.5 Å². The van der Waals surface area contributed by atoms with Crippen molar-refractivity contribution in [3.05, 3.63) is 34.4 Å². The number of rotatable bonds is 4. The van der Waals surface area contributed by atoms with Crippen LogP contribution in [0.3, 0.4) is 0 Å². The molecule has 0 bridgehead atoms. The summed E-state index contributed by atoms with van der Waals surface area (Å²) in [6, 6.07) is 5.33. The Morgan fingerprint density at radius 3 is 2.62 bits per heavy atom. The second-order valence-electron chi connectivity index (χ2n) is 6.41. The minimum atomic E-state index is -0.470. The molecule has 0 saturated carbocycles. The van der Waals surface area contributed by atoms with Crippen LogP contribution in [-0.2, 0) is 22.6 Å². The number of ether oxygens (including phenoxy) is 3. The highest BCUT2D eigenvalue weighted by molar-refractivity contribution is 7.16. The van der Waals surface area contributed by atoms with E-state index in [2.05, 4.69) is 10.1 Å². The molecule has 0 saturated heterocycles. The van der Waals surface area contributed by atoms with Crippen molar-refractivity contribution in [3.63, 3.8) is 0 Å². The maximum absolute atomic E-state index is 12.7. The number of carbonyl (C=O) groups excluding carboxylic acids is 2. The summed E-state index contributed by atoms with van der Waals surface area (Å²) in [5.41, 5.74) is 1.86. The number of carbonyl (C=O) groups is 2. The topological polar surface area (TPSA) is 96.9 Å². The summed E-state index contributed by atoms with van der Waals surface area (Å²) in [6.07, 6.45) is 0. The number of hydrogen-bond acceptors (Lipinski definition) is 7. The van der Waals surface area contributed by atoms with Crippen LogP contribution in [0.2, 0.25) is 0 Å². The van der Waals surface area contributed by atoms with Gasteiger partial charge in [-0.2, -0.15) is 10.1 Å². The number of hydrogen-bond donors (Lipinski definition) is 0. The van der Waals surface area contributed by atoms with Crippen LogP contribution in [0.25, 0.3) is 10.2 Å². The van der Waals surface area contributed by atoms with E-state index in [9.17, 15) is 9.59 Å². The summed E-state index contributed by atoms with van der Waals surface area (Å²) in [7, 11) is 1.32. The van der Waals surface area contributed by atoms with Crippen LogP contribution in [-0.4, -0.2) is 46.5 Å². The number of nitrogens with zero attached hydrogens (tertiary/aromatic N) is 4. The van der Waals surface area contributed by atoms with E-state index in [1.165, 1.54) is 18.4 Å². The lowest BCUT2D eigenvalue weighted by Crippen LogP contribution is -2.22. The largest absolute Gasteiger partial charge is 0.486 e. The van der Waals surface area contributed by atoms with Crippen molar-refractivity contribution in [2.75, 3.05) is 20.3 Å². The van der Waals surface area contributed by atoms with Gasteiger partial charge in [-0.15, -0.1) is 0 Å². The van der Waals surface area contributed by atoms with Gasteiger partial charge in [0, 0.05) is 24.4 Å². The molecule has 1 aliphatic heterocycles. The molecule has 4 rings (SSSR count). The van der Waals surface area contributed by atoms with Crippen LogP contribution >= 0.6 is 11.3 Å². The lowest BCUT2D eigenvalue weighted by atomic mass is 10.2. The predicted octanol–water partition coefficient (Wildman–Crippen LogP) is 1.91. The normalized spacial score (nSPS) is 13.7. The van der Waals surface area contributed by atoms with E-state index in [1.807, 2.05) is 19.9 Å². The quantitative estimate of drug-likeness (QED) is 0.603. The molecular weight excluding hydrogens is 396 g/mol. The zero-order valence-electron chi connectivity index (χ0n) is 16.3. The first-order valence-corrected chi connectivity index (χ1v) is 9.95. The molecule has 0 aliphatic carbocycles. The summed E-state index contributed by atoms with van der Waals surface area (Å²) in [4.78, 5) is 29.3. The Labute approximate surface area is 170 Å². The standard InChI is InChI=1S/C19H20N4O5S/c1-4-23-11(2)7-12(21-23)18(25)20-19-22(10-17(24)26-3)13-8-14-15(9-16(13)29-19)28-6-5-27-14/h7-9H,4-6,10H2,1-3H3. The minimum absolute atomic E-state index is 0.0787. The Kier molecular flexibility index (Phi) is 5.10. The fraction of sp³-hybridized carbons (Fsp3) is 0.368. The van der Waals surface area contributed by atoms with Gasteiger partial charge in [0.15, 0.2) is 22.0 Å². The van der Waals surface area contributed by atoms with Gasteiger partial charge in [0.05, 0.1) is 17.3 Å². The van der Waals surface area contributed by atoms with E-state index in [1.54, 1.807) is 21.4 Å². The molecule has 0 spiro atoms. The molecule has 1 aliphatic rings. The summed E-state index contributed by atoms with van der Waals surface area (Å²) in [5.74, 6) is 0.308. The summed E-state index contributed by atoms with van der Waals surface area (Å²) in [5, 5.41) is 4.29. The molecule has 3 aromatic rings. The molecule has 0 radical (unpaired) electrons. The van der Waals surface area contributed by atoms with Crippen molar-refractivity contribution in [2.24, 2.45) is 4.99 Å². The molecule has 1 aromatic carbocycles. The first-order chi connectivity index (χ1) is 14.0. The third-order valence-electron chi connectivity index (χ3n) is 4.56. The van der Waals surface area contributed by atoms with Gasteiger partial charge in [-0.25, -0.2) is 0 Å². The fourth-order valence-electron chi connectivity index (χ4n) is 3.12. The van der Waals surface area contributed by atoms with Crippen LogP contribution in [0.1, 0.15) is 23.1 Å². The Morgan fingerprint density at radius 1 is 1.24 bits per heavy atom. The van der Waals surface area contributed by atoms with E-state index in [0.29, 0.717) is 41.6 Å². The van der Waals surface area contributed by atoms with Crippen molar-refractivity contribution in [1.82, 2.24) is 14.3 Å². The van der Waals surface area contributed by atoms with Crippen LogP contribution in [0.4, 0.5) is 0 Å². The number of amides is 1. The molecule has 9 nitrogen and oxygen atoms in total. The van der Waals surface area contributed by atoms with Crippen molar-refractivity contribution < 1.29 is 23.8 Å². The highest BCUT2D eigenvalue weighted by Crippen LogP contribution is 2.35. The number of esters is 1. The number of thiazole rings is 1. The van der Waals surface area contributed by atoms with Gasteiger partial charge in [0.25, 0.3) is 5.91 Å². The molecule has 1 amide bonds. The molecule has 10 heteroatoms. The highest BCUT2D eigenvalue weighted by atomic mass is 32.1. The van der Waals surface area contributed by atoms with Gasteiger partial charge >= 0.3 is 5.97 Å². The fourth-order valence-corrected chi connectivity index (χ4v) is 4.16. The van der Waals surface area contributed by atoms with Gasteiger partial charge < -0.3 is 18.8 Å². The van der Waals surface area contributed by atoms with E-state index in [4.69, 9.17) is 14.2 Å². The summed E-state index contributed by atoms with van der Waals surface area (Å²) < 4.78 is 20.3. The molecule has 3 heterocycles. The Hall–Kier alpha value is -3.14. The van der Waals surface area contributed by atoms with Crippen LogP contribution in [0, 0.1) is 6.92 Å². The first kappa shape index (κ1) is 19.2. The second-order valence-corrected chi connectivity index (χ2v) is 7.42. The number of aromatic nitrogens is 3. The van der Waals surface area contributed by atoms with E-state index < -0.39 is 11.9 Å². The molecule has 0 N–H and O–H groups in total. The maximum atomic E-state index is 12.7.